The first-order chi connectivity index (χ1) is 10.2. The minimum absolute atomic E-state index is 0.436. The van der Waals surface area contributed by atoms with Crippen LogP contribution < -0.4 is 5.32 Å². The molecule has 0 aliphatic rings. The maximum Gasteiger partial charge on any atom is 0.223 e. The summed E-state index contributed by atoms with van der Waals surface area (Å²) in [5.74, 6) is 1.14. The van der Waals surface area contributed by atoms with E-state index >= 15 is 0 Å². The first-order valence-corrected chi connectivity index (χ1v) is 6.89. The molecule has 0 fully saturated rings. The molecule has 0 aliphatic carbocycles. The van der Waals surface area contributed by atoms with Crippen LogP contribution in [0.1, 0.15) is 23.4 Å². The lowest BCUT2D eigenvalue weighted by Gasteiger charge is -2.12. The molecule has 21 heavy (non-hydrogen) atoms. The van der Waals surface area contributed by atoms with Gasteiger partial charge in [0.2, 0.25) is 5.89 Å². The van der Waals surface area contributed by atoms with Crippen LogP contribution in [0.25, 0.3) is 10.8 Å². The van der Waals surface area contributed by atoms with E-state index in [-0.39, 0.29) is 0 Å². The van der Waals surface area contributed by atoms with Crippen molar-refractivity contribution in [3.05, 3.63) is 59.7 Å². The molecule has 0 saturated heterocycles. The Morgan fingerprint density at radius 3 is 2.76 bits per heavy atom. The van der Waals surface area contributed by atoms with Gasteiger partial charge >= 0.3 is 0 Å². The Balaban J connectivity index is 1.62. The van der Waals surface area contributed by atoms with E-state index in [1.54, 1.807) is 6.92 Å². The average Bonchev–Trinajstić information content (AvgIpc) is 2.92. The summed E-state index contributed by atoms with van der Waals surface area (Å²) in [6.45, 7) is 2.66. The van der Waals surface area contributed by atoms with Crippen molar-refractivity contribution in [2.24, 2.45) is 0 Å². The molecule has 0 radical (unpaired) electrons. The summed E-state index contributed by atoms with van der Waals surface area (Å²) >= 11 is 0. The zero-order valence-electron chi connectivity index (χ0n) is 11.8. The Hall–Kier alpha value is -2.24. The summed E-state index contributed by atoms with van der Waals surface area (Å²) < 4.78 is 4.89. The molecular weight excluding hydrogens is 266 g/mol. The highest BCUT2D eigenvalue weighted by Gasteiger charge is 2.09. The second-order valence-electron chi connectivity index (χ2n) is 4.98. The Labute approximate surface area is 122 Å². The van der Waals surface area contributed by atoms with Crippen LogP contribution in [-0.4, -0.2) is 21.8 Å². The molecule has 0 bridgehead atoms. The summed E-state index contributed by atoms with van der Waals surface area (Å²) in [6, 6.07) is 14.1. The molecule has 2 aromatic carbocycles. The molecule has 1 atom stereocenters. The van der Waals surface area contributed by atoms with Crippen molar-refractivity contribution in [1.82, 2.24) is 15.5 Å². The molecular formula is C16H17N3O2. The molecule has 0 aliphatic heterocycles. The number of aliphatic hydroxyl groups is 1. The van der Waals surface area contributed by atoms with Crippen molar-refractivity contribution in [3.63, 3.8) is 0 Å². The number of hydrogen-bond acceptors (Lipinski definition) is 5. The van der Waals surface area contributed by atoms with Crippen LogP contribution in [0.3, 0.4) is 0 Å². The van der Waals surface area contributed by atoms with Gasteiger partial charge in [0, 0.05) is 13.5 Å². The Morgan fingerprint density at radius 2 is 2.00 bits per heavy atom. The lowest BCUT2D eigenvalue weighted by molar-refractivity contribution is 0.174. The third-order valence-corrected chi connectivity index (χ3v) is 3.35. The SMILES string of the molecule is Cc1nc(CNCC(O)c2ccc3ccccc3c2)no1. The zero-order chi connectivity index (χ0) is 14.7. The second-order valence-corrected chi connectivity index (χ2v) is 4.98. The van der Waals surface area contributed by atoms with E-state index in [0.29, 0.717) is 24.8 Å². The van der Waals surface area contributed by atoms with Gasteiger partial charge in [-0.05, 0) is 22.4 Å². The molecule has 0 spiro atoms. The number of nitrogens with one attached hydrogen (secondary N) is 1. The molecule has 2 N–H and O–H groups in total. The summed E-state index contributed by atoms with van der Waals surface area (Å²) in [4.78, 5) is 4.10. The molecule has 1 unspecified atom stereocenters. The number of benzene rings is 2. The fourth-order valence-corrected chi connectivity index (χ4v) is 2.27. The summed E-state index contributed by atoms with van der Waals surface area (Å²) in [5.41, 5.74) is 0.894. The van der Waals surface area contributed by atoms with Crippen LogP contribution in [0, 0.1) is 6.92 Å². The zero-order valence-corrected chi connectivity index (χ0v) is 11.8. The molecule has 5 heteroatoms. The van der Waals surface area contributed by atoms with E-state index in [1.165, 1.54) is 5.39 Å². The molecule has 1 aromatic heterocycles. The van der Waals surface area contributed by atoms with Gasteiger partial charge in [0.15, 0.2) is 5.82 Å². The molecule has 0 amide bonds. The van der Waals surface area contributed by atoms with Gasteiger partial charge in [-0.2, -0.15) is 4.98 Å². The van der Waals surface area contributed by atoms with E-state index < -0.39 is 6.10 Å². The largest absolute Gasteiger partial charge is 0.387 e. The normalized spacial score (nSPS) is 12.7. The molecule has 5 nitrogen and oxygen atoms in total. The van der Waals surface area contributed by atoms with Crippen LogP contribution in [0.4, 0.5) is 0 Å². The number of rotatable bonds is 5. The number of aromatic nitrogens is 2. The minimum atomic E-state index is -0.567. The van der Waals surface area contributed by atoms with Crippen molar-refractivity contribution in [3.8, 4) is 0 Å². The van der Waals surface area contributed by atoms with Crippen LogP contribution in [0.15, 0.2) is 47.0 Å². The number of aliphatic hydroxyl groups excluding tert-OH is 1. The van der Waals surface area contributed by atoms with E-state index in [4.69, 9.17) is 4.52 Å². The summed E-state index contributed by atoms with van der Waals surface area (Å²) in [7, 11) is 0. The lowest BCUT2D eigenvalue weighted by atomic mass is 10.0. The van der Waals surface area contributed by atoms with Crippen molar-refractivity contribution in [2.75, 3.05) is 6.54 Å². The fourth-order valence-electron chi connectivity index (χ4n) is 2.27. The lowest BCUT2D eigenvalue weighted by Crippen LogP contribution is -2.21. The van der Waals surface area contributed by atoms with Gasteiger partial charge in [0.05, 0.1) is 12.6 Å². The van der Waals surface area contributed by atoms with Gasteiger partial charge in [-0.15, -0.1) is 0 Å². The van der Waals surface area contributed by atoms with Crippen LogP contribution in [0.5, 0.6) is 0 Å². The summed E-state index contributed by atoms with van der Waals surface area (Å²) in [6.07, 6.45) is -0.567. The topological polar surface area (TPSA) is 71.2 Å². The first-order valence-electron chi connectivity index (χ1n) is 6.89. The van der Waals surface area contributed by atoms with E-state index in [0.717, 1.165) is 10.9 Å². The van der Waals surface area contributed by atoms with Gasteiger partial charge < -0.3 is 14.9 Å². The average molecular weight is 283 g/mol. The molecule has 0 saturated carbocycles. The summed E-state index contributed by atoms with van der Waals surface area (Å²) in [5, 5.41) is 19.5. The maximum atomic E-state index is 10.2. The second kappa shape index (κ2) is 6.03. The van der Waals surface area contributed by atoms with Gasteiger partial charge in [0.1, 0.15) is 0 Å². The van der Waals surface area contributed by atoms with Crippen molar-refractivity contribution < 1.29 is 9.63 Å². The molecule has 1 heterocycles. The smallest absolute Gasteiger partial charge is 0.223 e. The van der Waals surface area contributed by atoms with E-state index in [2.05, 4.69) is 21.5 Å². The number of fused-ring (bicyclic) bond motifs is 1. The van der Waals surface area contributed by atoms with E-state index in [9.17, 15) is 5.11 Å². The molecule has 3 rings (SSSR count). The van der Waals surface area contributed by atoms with Crippen molar-refractivity contribution >= 4 is 10.8 Å². The van der Waals surface area contributed by atoms with Crippen molar-refractivity contribution in [1.29, 1.82) is 0 Å². The van der Waals surface area contributed by atoms with Gasteiger partial charge in [0.25, 0.3) is 0 Å². The standard InChI is InChI=1S/C16H17N3O2/c1-11-18-16(19-21-11)10-17-9-15(20)14-7-6-12-4-2-3-5-13(12)8-14/h2-8,15,17,20H,9-10H2,1H3. The predicted molar refractivity (Wildman–Crippen MR) is 79.6 cm³/mol. The highest BCUT2D eigenvalue weighted by atomic mass is 16.5. The van der Waals surface area contributed by atoms with Crippen LogP contribution in [-0.2, 0) is 6.54 Å². The highest BCUT2D eigenvalue weighted by molar-refractivity contribution is 5.83. The minimum Gasteiger partial charge on any atom is -0.387 e. The monoisotopic (exact) mass is 283 g/mol. The Morgan fingerprint density at radius 1 is 1.19 bits per heavy atom. The van der Waals surface area contributed by atoms with Crippen molar-refractivity contribution in [2.45, 2.75) is 19.6 Å². The number of nitrogens with zero attached hydrogens (tertiary/aromatic N) is 2. The highest BCUT2D eigenvalue weighted by Crippen LogP contribution is 2.20. The third kappa shape index (κ3) is 3.26. The van der Waals surface area contributed by atoms with E-state index in [1.807, 2.05) is 36.4 Å². The first kappa shape index (κ1) is 13.7. The number of aryl methyl sites for hydroxylation is 1. The quantitative estimate of drug-likeness (QED) is 0.752. The molecule has 108 valence electrons. The van der Waals surface area contributed by atoms with Crippen LogP contribution >= 0.6 is 0 Å². The van der Waals surface area contributed by atoms with Gasteiger partial charge in [-0.1, -0.05) is 41.6 Å². The maximum absolute atomic E-state index is 10.2. The Bertz CT molecular complexity index is 739. The third-order valence-electron chi connectivity index (χ3n) is 3.35. The number of hydrogen-bond donors (Lipinski definition) is 2. The van der Waals surface area contributed by atoms with Gasteiger partial charge in [-0.3, -0.25) is 0 Å². The Kier molecular flexibility index (Phi) is 3.94. The van der Waals surface area contributed by atoms with Gasteiger partial charge in [-0.25, -0.2) is 0 Å². The fraction of sp³-hybridized carbons (Fsp3) is 0.250. The molecule has 3 aromatic rings. The predicted octanol–water partition coefficient (Wildman–Crippen LogP) is 2.35. The van der Waals surface area contributed by atoms with Crippen LogP contribution in [0.2, 0.25) is 0 Å².